The van der Waals surface area contributed by atoms with Crippen LogP contribution in [-0.4, -0.2) is 31.3 Å². The Morgan fingerprint density at radius 3 is 2.48 bits per heavy atom. The Bertz CT molecular complexity index is 673. The quantitative estimate of drug-likeness (QED) is 0.822. The van der Waals surface area contributed by atoms with E-state index < -0.39 is 10.0 Å². The Labute approximate surface area is 124 Å². The SMILES string of the molecule is CN(CCc1ccccn1)S(=O)(=O)Cc1ccc(F)cc1. The van der Waals surface area contributed by atoms with Gasteiger partial charge < -0.3 is 0 Å². The Kier molecular flexibility index (Phi) is 5.03. The normalized spacial score (nSPS) is 11.8. The van der Waals surface area contributed by atoms with Crippen molar-refractivity contribution in [3.63, 3.8) is 0 Å². The van der Waals surface area contributed by atoms with Gasteiger partial charge >= 0.3 is 0 Å². The van der Waals surface area contributed by atoms with Crippen LogP contribution in [0.3, 0.4) is 0 Å². The van der Waals surface area contributed by atoms with Crippen molar-refractivity contribution in [3.05, 3.63) is 65.7 Å². The first-order valence-electron chi connectivity index (χ1n) is 6.56. The zero-order chi connectivity index (χ0) is 15.3. The molecule has 4 nitrogen and oxygen atoms in total. The zero-order valence-corrected chi connectivity index (χ0v) is 12.6. The van der Waals surface area contributed by atoms with E-state index in [2.05, 4.69) is 4.98 Å². The number of nitrogens with zero attached hydrogens (tertiary/aromatic N) is 2. The lowest BCUT2D eigenvalue weighted by Gasteiger charge is -2.17. The second-order valence-electron chi connectivity index (χ2n) is 4.78. The van der Waals surface area contributed by atoms with Crippen molar-refractivity contribution in [2.24, 2.45) is 0 Å². The summed E-state index contributed by atoms with van der Waals surface area (Å²) in [6.45, 7) is 0.362. The van der Waals surface area contributed by atoms with Gasteiger partial charge in [0, 0.05) is 31.9 Å². The molecule has 6 heteroatoms. The molecule has 0 aliphatic rings. The smallest absolute Gasteiger partial charge is 0.218 e. The number of hydrogen-bond donors (Lipinski definition) is 0. The maximum Gasteiger partial charge on any atom is 0.218 e. The molecule has 1 heterocycles. The van der Waals surface area contributed by atoms with Gasteiger partial charge in [-0.3, -0.25) is 4.98 Å². The monoisotopic (exact) mass is 308 g/mol. The predicted molar refractivity (Wildman–Crippen MR) is 79.6 cm³/mol. The van der Waals surface area contributed by atoms with E-state index in [0.29, 0.717) is 18.5 Å². The fraction of sp³-hybridized carbons (Fsp3) is 0.267. The molecule has 2 aromatic rings. The third-order valence-corrected chi connectivity index (χ3v) is 4.98. The number of halogens is 1. The van der Waals surface area contributed by atoms with Crippen LogP contribution in [0.15, 0.2) is 48.7 Å². The Morgan fingerprint density at radius 2 is 1.86 bits per heavy atom. The van der Waals surface area contributed by atoms with Crippen molar-refractivity contribution < 1.29 is 12.8 Å². The standard InChI is InChI=1S/C15H17FN2O2S/c1-18(11-9-15-4-2-3-10-17-15)21(19,20)12-13-5-7-14(16)8-6-13/h2-8,10H,9,11-12H2,1H3. The molecule has 0 spiro atoms. The fourth-order valence-electron chi connectivity index (χ4n) is 1.86. The van der Waals surface area contributed by atoms with Crippen molar-refractivity contribution in [1.82, 2.24) is 9.29 Å². The molecule has 0 fully saturated rings. The van der Waals surface area contributed by atoms with Gasteiger partial charge in [0.2, 0.25) is 10.0 Å². The number of aromatic nitrogens is 1. The van der Waals surface area contributed by atoms with Gasteiger partial charge in [-0.1, -0.05) is 18.2 Å². The highest BCUT2D eigenvalue weighted by molar-refractivity contribution is 7.88. The lowest BCUT2D eigenvalue weighted by atomic mass is 10.2. The molecule has 21 heavy (non-hydrogen) atoms. The van der Waals surface area contributed by atoms with E-state index in [-0.39, 0.29) is 11.6 Å². The largest absolute Gasteiger partial charge is 0.261 e. The molecule has 2 rings (SSSR count). The minimum atomic E-state index is -3.41. The van der Waals surface area contributed by atoms with Crippen LogP contribution in [0.25, 0.3) is 0 Å². The van der Waals surface area contributed by atoms with Crippen molar-refractivity contribution in [3.8, 4) is 0 Å². The average Bonchev–Trinajstić information content (AvgIpc) is 2.48. The molecule has 0 aliphatic heterocycles. The van der Waals surface area contributed by atoms with Crippen LogP contribution in [0.5, 0.6) is 0 Å². The molecule has 0 saturated heterocycles. The van der Waals surface area contributed by atoms with E-state index in [1.807, 2.05) is 18.2 Å². The van der Waals surface area contributed by atoms with Gasteiger partial charge in [0.1, 0.15) is 5.82 Å². The molecular formula is C15H17FN2O2S. The summed E-state index contributed by atoms with van der Waals surface area (Å²) < 4.78 is 38.6. The van der Waals surface area contributed by atoms with E-state index in [9.17, 15) is 12.8 Å². The molecule has 1 aromatic heterocycles. The highest BCUT2D eigenvalue weighted by Crippen LogP contribution is 2.11. The van der Waals surface area contributed by atoms with E-state index in [4.69, 9.17) is 0 Å². The predicted octanol–water partition coefficient (Wildman–Crippen LogP) is 2.22. The van der Waals surface area contributed by atoms with Crippen LogP contribution in [0.2, 0.25) is 0 Å². The summed E-state index contributed by atoms with van der Waals surface area (Å²) in [5, 5.41) is 0. The first kappa shape index (κ1) is 15.6. The third kappa shape index (κ3) is 4.61. The van der Waals surface area contributed by atoms with Crippen molar-refractivity contribution in [2.45, 2.75) is 12.2 Å². The highest BCUT2D eigenvalue weighted by Gasteiger charge is 2.18. The molecular weight excluding hydrogens is 291 g/mol. The number of sulfonamides is 1. The highest BCUT2D eigenvalue weighted by atomic mass is 32.2. The number of benzene rings is 1. The van der Waals surface area contributed by atoms with Crippen molar-refractivity contribution in [1.29, 1.82) is 0 Å². The lowest BCUT2D eigenvalue weighted by Crippen LogP contribution is -2.30. The van der Waals surface area contributed by atoms with Crippen LogP contribution in [0.1, 0.15) is 11.3 Å². The first-order chi connectivity index (χ1) is 9.97. The van der Waals surface area contributed by atoms with E-state index in [1.54, 1.807) is 13.2 Å². The molecule has 0 aliphatic carbocycles. The van der Waals surface area contributed by atoms with Gasteiger partial charge in [-0.2, -0.15) is 0 Å². The first-order valence-corrected chi connectivity index (χ1v) is 8.17. The van der Waals surface area contributed by atoms with Gasteiger partial charge in [-0.25, -0.2) is 17.1 Å². The summed E-state index contributed by atoms with van der Waals surface area (Å²) in [6, 6.07) is 11.0. The van der Waals surface area contributed by atoms with Gasteiger partial charge in [0.15, 0.2) is 0 Å². The topological polar surface area (TPSA) is 50.3 Å². The lowest BCUT2D eigenvalue weighted by molar-refractivity contribution is 0.470. The van der Waals surface area contributed by atoms with Gasteiger partial charge in [0.05, 0.1) is 5.75 Å². The number of likely N-dealkylation sites (N-methyl/N-ethyl adjacent to an activating group) is 1. The molecule has 0 unspecified atom stereocenters. The Balaban J connectivity index is 1.96. The van der Waals surface area contributed by atoms with Gasteiger partial charge in [0.25, 0.3) is 0 Å². The summed E-state index contributed by atoms with van der Waals surface area (Å²) in [6.07, 6.45) is 2.24. The van der Waals surface area contributed by atoms with Crippen LogP contribution in [0, 0.1) is 5.82 Å². The zero-order valence-electron chi connectivity index (χ0n) is 11.7. The van der Waals surface area contributed by atoms with Gasteiger partial charge in [-0.05, 0) is 29.8 Å². The summed E-state index contributed by atoms with van der Waals surface area (Å²) in [5.74, 6) is -0.508. The van der Waals surface area contributed by atoms with Crippen LogP contribution >= 0.6 is 0 Å². The Morgan fingerprint density at radius 1 is 1.14 bits per heavy atom. The maximum atomic E-state index is 12.8. The Hall–Kier alpha value is -1.79. The minimum Gasteiger partial charge on any atom is -0.261 e. The summed E-state index contributed by atoms with van der Waals surface area (Å²) in [7, 11) is -1.87. The van der Waals surface area contributed by atoms with E-state index in [1.165, 1.54) is 28.6 Å². The number of rotatable bonds is 6. The molecule has 0 bridgehead atoms. The van der Waals surface area contributed by atoms with Crippen LogP contribution < -0.4 is 0 Å². The molecule has 0 N–H and O–H groups in total. The average molecular weight is 308 g/mol. The molecule has 0 radical (unpaired) electrons. The summed E-state index contributed by atoms with van der Waals surface area (Å²) in [4.78, 5) is 4.16. The molecule has 112 valence electrons. The molecule has 0 saturated carbocycles. The maximum absolute atomic E-state index is 12.8. The van der Waals surface area contributed by atoms with Crippen molar-refractivity contribution >= 4 is 10.0 Å². The van der Waals surface area contributed by atoms with Crippen LogP contribution in [0.4, 0.5) is 4.39 Å². The summed E-state index contributed by atoms with van der Waals surface area (Å²) >= 11 is 0. The molecule has 0 amide bonds. The third-order valence-electron chi connectivity index (χ3n) is 3.15. The fourth-order valence-corrected chi connectivity index (χ4v) is 3.06. The number of hydrogen-bond acceptors (Lipinski definition) is 3. The molecule has 0 atom stereocenters. The number of pyridine rings is 1. The van der Waals surface area contributed by atoms with Crippen molar-refractivity contribution in [2.75, 3.05) is 13.6 Å². The second-order valence-corrected chi connectivity index (χ2v) is 6.85. The summed E-state index contributed by atoms with van der Waals surface area (Å²) in [5.41, 5.74) is 1.42. The minimum absolute atomic E-state index is 0.133. The van der Waals surface area contributed by atoms with E-state index >= 15 is 0 Å². The molecule has 1 aromatic carbocycles. The van der Waals surface area contributed by atoms with Crippen LogP contribution in [-0.2, 0) is 22.2 Å². The van der Waals surface area contributed by atoms with E-state index in [0.717, 1.165) is 5.69 Å². The second kappa shape index (κ2) is 6.78. The van der Waals surface area contributed by atoms with Gasteiger partial charge in [-0.15, -0.1) is 0 Å².